The maximum Gasteiger partial charge on any atom is 0.0547 e. The Morgan fingerprint density at radius 1 is 1.07 bits per heavy atom. The molecule has 2 nitrogen and oxygen atoms in total. The molecule has 0 saturated heterocycles. The Bertz CT molecular complexity index is 126. The molecule has 0 fully saturated rings. The van der Waals surface area contributed by atoms with Crippen LogP contribution < -0.4 is 5.32 Å². The Morgan fingerprint density at radius 2 is 1.80 bits per heavy atom. The topological polar surface area (TPSA) is 21.3 Å². The van der Waals surface area contributed by atoms with Crippen LogP contribution in [0, 0.1) is 0 Å². The van der Waals surface area contributed by atoms with Crippen molar-refractivity contribution in [2.75, 3.05) is 13.2 Å². The van der Waals surface area contributed by atoms with Crippen molar-refractivity contribution in [3.8, 4) is 0 Å². The van der Waals surface area contributed by atoms with E-state index in [2.05, 4.69) is 33.0 Å². The number of nitrogens with one attached hydrogen (secondary N) is 1. The predicted molar refractivity (Wildman–Crippen MR) is 67.3 cm³/mol. The molecule has 0 saturated carbocycles. The summed E-state index contributed by atoms with van der Waals surface area (Å²) in [6.45, 7) is 10.8. The first-order chi connectivity index (χ1) is 7.16. The smallest absolute Gasteiger partial charge is 0.0547 e. The van der Waals surface area contributed by atoms with Gasteiger partial charge in [0.15, 0.2) is 0 Å². The minimum absolute atomic E-state index is 0.427. The Hall–Kier alpha value is -0.0800. The maximum absolute atomic E-state index is 5.72. The van der Waals surface area contributed by atoms with E-state index >= 15 is 0 Å². The molecule has 0 amide bonds. The van der Waals surface area contributed by atoms with E-state index in [0.717, 1.165) is 13.2 Å². The van der Waals surface area contributed by atoms with Gasteiger partial charge in [0.2, 0.25) is 0 Å². The highest BCUT2D eigenvalue weighted by Crippen LogP contribution is 2.03. The third kappa shape index (κ3) is 11.8. The van der Waals surface area contributed by atoms with Crippen LogP contribution in [0.1, 0.15) is 59.8 Å². The van der Waals surface area contributed by atoms with Crippen molar-refractivity contribution in [3.05, 3.63) is 0 Å². The van der Waals surface area contributed by atoms with E-state index in [1.54, 1.807) is 0 Å². The SMILES string of the molecule is CCCCCOC(C)CCCNC(C)C. The molecule has 0 aliphatic carbocycles. The lowest BCUT2D eigenvalue weighted by atomic mass is 10.2. The van der Waals surface area contributed by atoms with Crippen molar-refractivity contribution in [3.63, 3.8) is 0 Å². The summed E-state index contributed by atoms with van der Waals surface area (Å²) in [4.78, 5) is 0. The van der Waals surface area contributed by atoms with Crippen molar-refractivity contribution < 1.29 is 4.74 Å². The average Bonchev–Trinajstić information content (AvgIpc) is 2.19. The Labute approximate surface area is 95.8 Å². The van der Waals surface area contributed by atoms with Gasteiger partial charge in [-0.3, -0.25) is 0 Å². The molecule has 0 aliphatic rings. The first kappa shape index (κ1) is 14.9. The summed E-state index contributed by atoms with van der Waals surface area (Å²) in [5, 5.41) is 3.42. The summed E-state index contributed by atoms with van der Waals surface area (Å²) in [6, 6.07) is 0.603. The number of hydrogen-bond donors (Lipinski definition) is 1. The monoisotopic (exact) mass is 215 g/mol. The molecule has 15 heavy (non-hydrogen) atoms. The van der Waals surface area contributed by atoms with Gasteiger partial charge in [-0.05, 0) is 32.7 Å². The fourth-order valence-corrected chi connectivity index (χ4v) is 1.50. The van der Waals surface area contributed by atoms with Gasteiger partial charge in [0.25, 0.3) is 0 Å². The summed E-state index contributed by atoms with van der Waals surface area (Å²) < 4.78 is 5.72. The van der Waals surface area contributed by atoms with E-state index in [4.69, 9.17) is 4.74 Å². The Morgan fingerprint density at radius 3 is 2.40 bits per heavy atom. The largest absolute Gasteiger partial charge is 0.379 e. The third-order valence-corrected chi connectivity index (χ3v) is 2.49. The van der Waals surface area contributed by atoms with E-state index < -0.39 is 0 Å². The fourth-order valence-electron chi connectivity index (χ4n) is 1.50. The number of ether oxygens (including phenoxy) is 1. The van der Waals surface area contributed by atoms with E-state index in [9.17, 15) is 0 Å². The van der Waals surface area contributed by atoms with Crippen LogP contribution in [0.5, 0.6) is 0 Å². The van der Waals surface area contributed by atoms with E-state index in [1.165, 1.54) is 32.1 Å². The molecule has 0 aromatic carbocycles. The highest BCUT2D eigenvalue weighted by Gasteiger charge is 2.01. The molecule has 92 valence electrons. The molecule has 1 unspecified atom stereocenters. The van der Waals surface area contributed by atoms with Crippen LogP contribution in [0.2, 0.25) is 0 Å². The normalized spacial score (nSPS) is 13.4. The van der Waals surface area contributed by atoms with Crippen LogP contribution in [0.25, 0.3) is 0 Å². The highest BCUT2D eigenvalue weighted by atomic mass is 16.5. The van der Waals surface area contributed by atoms with Gasteiger partial charge < -0.3 is 10.1 Å². The van der Waals surface area contributed by atoms with E-state index in [1.807, 2.05) is 0 Å². The number of rotatable bonds is 10. The Balaban J connectivity index is 3.15. The summed E-state index contributed by atoms with van der Waals surface area (Å²) in [7, 11) is 0. The fraction of sp³-hybridized carbons (Fsp3) is 1.00. The van der Waals surface area contributed by atoms with Gasteiger partial charge in [0, 0.05) is 12.6 Å². The first-order valence-electron chi connectivity index (χ1n) is 6.51. The minimum atomic E-state index is 0.427. The molecule has 0 radical (unpaired) electrons. The molecular weight excluding hydrogens is 186 g/mol. The zero-order valence-electron chi connectivity index (χ0n) is 11.0. The Kier molecular flexibility index (Phi) is 10.4. The number of unbranched alkanes of at least 4 members (excludes halogenated alkanes) is 2. The molecule has 0 heterocycles. The molecular formula is C13H29NO. The van der Waals surface area contributed by atoms with Gasteiger partial charge in [-0.15, -0.1) is 0 Å². The van der Waals surface area contributed by atoms with Gasteiger partial charge in [0.1, 0.15) is 0 Å². The third-order valence-electron chi connectivity index (χ3n) is 2.49. The van der Waals surface area contributed by atoms with Gasteiger partial charge >= 0.3 is 0 Å². The van der Waals surface area contributed by atoms with Gasteiger partial charge in [-0.2, -0.15) is 0 Å². The second-order valence-corrected chi connectivity index (χ2v) is 4.64. The van der Waals surface area contributed by atoms with E-state index in [-0.39, 0.29) is 0 Å². The predicted octanol–water partition coefficient (Wildman–Crippen LogP) is 3.36. The lowest BCUT2D eigenvalue weighted by Gasteiger charge is -2.13. The standard InChI is InChI=1S/C13H29NO/c1-5-6-7-11-15-13(4)9-8-10-14-12(2)3/h12-14H,5-11H2,1-4H3. The van der Waals surface area contributed by atoms with Crippen LogP contribution in [-0.2, 0) is 4.74 Å². The van der Waals surface area contributed by atoms with E-state index in [0.29, 0.717) is 12.1 Å². The number of hydrogen-bond acceptors (Lipinski definition) is 2. The quantitative estimate of drug-likeness (QED) is 0.564. The van der Waals surface area contributed by atoms with Crippen molar-refractivity contribution >= 4 is 0 Å². The molecule has 0 aliphatic heterocycles. The molecule has 2 heteroatoms. The molecule has 0 aromatic heterocycles. The average molecular weight is 215 g/mol. The van der Waals surface area contributed by atoms with Gasteiger partial charge in [-0.1, -0.05) is 33.6 Å². The lowest BCUT2D eigenvalue weighted by molar-refractivity contribution is 0.0563. The molecule has 0 bridgehead atoms. The highest BCUT2D eigenvalue weighted by molar-refractivity contribution is 4.56. The van der Waals surface area contributed by atoms with Crippen LogP contribution in [0.3, 0.4) is 0 Å². The minimum Gasteiger partial charge on any atom is -0.379 e. The summed E-state index contributed by atoms with van der Waals surface area (Å²) in [6.07, 6.45) is 6.60. The zero-order valence-corrected chi connectivity index (χ0v) is 11.0. The van der Waals surface area contributed by atoms with Crippen LogP contribution in [-0.4, -0.2) is 25.3 Å². The van der Waals surface area contributed by atoms with Crippen LogP contribution in [0.15, 0.2) is 0 Å². The molecule has 0 rings (SSSR count). The van der Waals surface area contributed by atoms with Crippen molar-refractivity contribution in [2.24, 2.45) is 0 Å². The summed E-state index contributed by atoms with van der Waals surface area (Å²) in [5.74, 6) is 0. The van der Waals surface area contributed by atoms with Gasteiger partial charge in [0.05, 0.1) is 6.10 Å². The molecule has 1 N–H and O–H groups in total. The second-order valence-electron chi connectivity index (χ2n) is 4.64. The van der Waals surface area contributed by atoms with Crippen molar-refractivity contribution in [2.45, 2.75) is 71.9 Å². The van der Waals surface area contributed by atoms with Crippen molar-refractivity contribution in [1.82, 2.24) is 5.32 Å². The maximum atomic E-state index is 5.72. The van der Waals surface area contributed by atoms with Crippen LogP contribution >= 0.6 is 0 Å². The molecule has 1 atom stereocenters. The lowest BCUT2D eigenvalue weighted by Crippen LogP contribution is -2.24. The second kappa shape index (κ2) is 10.4. The van der Waals surface area contributed by atoms with Crippen LogP contribution in [0.4, 0.5) is 0 Å². The molecule has 0 aromatic rings. The molecule has 0 spiro atoms. The summed E-state index contributed by atoms with van der Waals surface area (Å²) in [5.41, 5.74) is 0. The van der Waals surface area contributed by atoms with Gasteiger partial charge in [-0.25, -0.2) is 0 Å². The van der Waals surface area contributed by atoms with Crippen molar-refractivity contribution in [1.29, 1.82) is 0 Å². The summed E-state index contributed by atoms with van der Waals surface area (Å²) >= 11 is 0. The first-order valence-corrected chi connectivity index (χ1v) is 6.51. The zero-order chi connectivity index (χ0) is 11.5.